The largest absolute Gasteiger partial charge is 0.370 e. The van der Waals surface area contributed by atoms with Crippen LogP contribution in [0.1, 0.15) is 36.6 Å². The molecule has 0 bridgehead atoms. The molecule has 4 nitrogen and oxygen atoms in total. The van der Waals surface area contributed by atoms with Gasteiger partial charge in [-0.3, -0.25) is 0 Å². The summed E-state index contributed by atoms with van der Waals surface area (Å²) in [5, 5.41) is 6.41. The lowest BCUT2D eigenvalue weighted by Crippen LogP contribution is -3.14. The summed E-state index contributed by atoms with van der Waals surface area (Å²) >= 11 is 7.59. The number of morpholine rings is 1. The number of anilines is 1. The highest BCUT2D eigenvalue weighted by molar-refractivity contribution is 7.80. The zero-order valence-electron chi connectivity index (χ0n) is 17.5. The van der Waals surface area contributed by atoms with Crippen molar-refractivity contribution in [3.63, 3.8) is 0 Å². The fourth-order valence-corrected chi connectivity index (χ4v) is 4.60. The second-order valence-electron chi connectivity index (χ2n) is 7.70. The van der Waals surface area contributed by atoms with E-state index >= 15 is 0 Å². The van der Waals surface area contributed by atoms with Gasteiger partial charge >= 0.3 is 0 Å². The van der Waals surface area contributed by atoms with E-state index in [-0.39, 0.29) is 0 Å². The molecule has 6 heteroatoms. The van der Waals surface area contributed by atoms with Crippen LogP contribution in [0.3, 0.4) is 0 Å². The fraction of sp³-hybridized carbons (Fsp3) is 0.522. The minimum absolute atomic E-state index is 0.816. The number of quaternary nitrogens is 1. The van der Waals surface area contributed by atoms with Gasteiger partial charge in [-0.1, -0.05) is 31.5 Å². The Morgan fingerprint density at radius 2 is 1.97 bits per heavy atom. The van der Waals surface area contributed by atoms with E-state index < -0.39 is 0 Å². The van der Waals surface area contributed by atoms with Gasteiger partial charge in [-0.15, -0.1) is 11.3 Å². The van der Waals surface area contributed by atoms with Crippen molar-refractivity contribution < 1.29 is 9.64 Å². The van der Waals surface area contributed by atoms with Gasteiger partial charge in [0.1, 0.15) is 13.1 Å². The average molecular weight is 433 g/mol. The number of nitrogens with zero attached hydrogens (tertiary/aromatic N) is 1. The lowest BCUT2D eigenvalue weighted by Gasteiger charge is -2.28. The van der Waals surface area contributed by atoms with Crippen LogP contribution in [-0.2, 0) is 17.7 Å². The van der Waals surface area contributed by atoms with Gasteiger partial charge in [-0.2, -0.15) is 0 Å². The summed E-state index contributed by atoms with van der Waals surface area (Å²) in [5.74, 6) is 0. The molecular formula is C23H34N3OS2+. The normalized spacial score (nSPS) is 14.7. The number of aryl methyl sites for hydroxylation is 1. The summed E-state index contributed by atoms with van der Waals surface area (Å²) in [5.41, 5.74) is 2.47. The third-order valence-corrected chi connectivity index (χ3v) is 6.62. The Kier molecular flexibility index (Phi) is 9.41. The Morgan fingerprint density at radius 3 is 2.66 bits per heavy atom. The molecule has 0 radical (unpaired) electrons. The van der Waals surface area contributed by atoms with Gasteiger partial charge < -0.3 is 19.9 Å². The van der Waals surface area contributed by atoms with E-state index in [9.17, 15) is 0 Å². The van der Waals surface area contributed by atoms with E-state index in [1.54, 1.807) is 16.2 Å². The van der Waals surface area contributed by atoms with Crippen LogP contribution >= 0.6 is 23.6 Å². The fourth-order valence-electron chi connectivity index (χ4n) is 3.61. The summed E-state index contributed by atoms with van der Waals surface area (Å²) in [7, 11) is 0. The van der Waals surface area contributed by atoms with Crippen LogP contribution in [0.25, 0.3) is 0 Å². The van der Waals surface area contributed by atoms with Gasteiger partial charge in [0, 0.05) is 23.5 Å². The number of hydrogen-bond acceptors (Lipinski definition) is 3. The Balaban J connectivity index is 1.54. The third kappa shape index (κ3) is 7.70. The molecule has 1 aliphatic rings. The molecule has 0 spiro atoms. The molecule has 2 heterocycles. The van der Waals surface area contributed by atoms with Crippen molar-refractivity contribution in [1.82, 2.24) is 4.90 Å². The Bertz CT molecular complexity index is 712. The van der Waals surface area contributed by atoms with Gasteiger partial charge in [0.2, 0.25) is 0 Å². The van der Waals surface area contributed by atoms with Gasteiger partial charge in [0.15, 0.2) is 5.11 Å². The molecule has 1 fully saturated rings. The summed E-state index contributed by atoms with van der Waals surface area (Å²) in [6.07, 6.45) is 4.76. The van der Waals surface area contributed by atoms with Gasteiger partial charge in [-0.25, -0.2) is 0 Å². The number of thiophene rings is 1. The molecular weight excluding hydrogens is 398 g/mol. The predicted molar refractivity (Wildman–Crippen MR) is 127 cm³/mol. The predicted octanol–water partition coefficient (Wildman–Crippen LogP) is 3.59. The van der Waals surface area contributed by atoms with Crippen molar-refractivity contribution in [3.05, 3.63) is 52.2 Å². The molecule has 2 aromatic rings. The lowest BCUT2D eigenvalue weighted by molar-refractivity contribution is -0.908. The van der Waals surface area contributed by atoms with Crippen molar-refractivity contribution in [2.75, 3.05) is 44.7 Å². The number of unbranched alkanes of at least 4 members (excludes halogenated alkanes) is 1. The van der Waals surface area contributed by atoms with Crippen LogP contribution in [0.15, 0.2) is 41.8 Å². The van der Waals surface area contributed by atoms with Crippen LogP contribution in [0, 0.1) is 0 Å². The first kappa shape index (κ1) is 22.2. The lowest BCUT2D eigenvalue weighted by atomic mass is 10.1. The van der Waals surface area contributed by atoms with E-state index in [1.165, 1.54) is 29.8 Å². The quantitative estimate of drug-likeness (QED) is 0.562. The van der Waals surface area contributed by atoms with Crippen molar-refractivity contribution in [2.45, 2.75) is 39.2 Å². The van der Waals surface area contributed by atoms with Gasteiger partial charge in [0.05, 0.1) is 26.3 Å². The van der Waals surface area contributed by atoms with Crippen LogP contribution in [0.2, 0.25) is 0 Å². The first-order valence-electron chi connectivity index (χ1n) is 10.8. The van der Waals surface area contributed by atoms with Crippen molar-refractivity contribution in [2.24, 2.45) is 0 Å². The molecule has 2 N–H and O–H groups in total. The van der Waals surface area contributed by atoms with Crippen molar-refractivity contribution >= 4 is 34.4 Å². The molecule has 1 aliphatic heterocycles. The molecule has 1 aromatic carbocycles. The molecule has 0 atom stereocenters. The van der Waals surface area contributed by atoms with Crippen LogP contribution in [-0.4, -0.2) is 49.4 Å². The van der Waals surface area contributed by atoms with Crippen LogP contribution < -0.4 is 10.2 Å². The zero-order valence-corrected chi connectivity index (χ0v) is 19.1. The number of hydrogen-bond donors (Lipinski definition) is 2. The topological polar surface area (TPSA) is 28.9 Å². The number of benzene rings is 1. The van der Waals surface area contributed by atoms with Crippen molar-refractivity contribution in [3.8, 4) is 0 Å². The molecule has 1 aromatic heterocycles. The monoisotopic (exact) mass is 432 g/mol. The average Bonchev–Trinajstić information content (AvgIpc) is 3.26. The minimum atomic E-state index is 0.816. The second-order valence-corrected chi connectivity index (χ2v) is 9.12. The number of thiocarbonyl (C=S) groups is 1. The van der Waals surface area contributed by atoms with E-state index in [0.29, 0.717) is 0 Å². The van der Waals surface area contributed by atoms with E-state index in [1.807, 2.05) is 0 Å². The Labute approximate surface area is 184 Å². The second kappa shape index (κ2) is 12.3. The smallest absolute Gasteiger partial charge is 0.173 e. The SMILES string of the molecule is CCCCc1ccc(NC(=S)N(CCC[NH+]2CCOCC2)Cc2cccs2)cc1. The maximum atomic E-state index is 5.80. The standard InChI is InChI=1S/C23H33N3OS2/c1-2-3-6-20-8-10-21(11-9-20)24-23(28)26(19-22-7-4-18-29-22)13-5-12-25-14-16-27-17-15-25/h4,7-11,18H,2-3,5-6,12-17,19H2,1H3,(H,24,28)/p+1. The molecule has 29 heavy (non-hydrogen) atoms. The summed E-state index contributed by atoms with van der Waals surface area (Å²) in [6, 6.07) is 13.0. The molecule has 0 aliphatic carbocycles. The highest BCUT2D eigenvalue weighted by Gasteiger charge is 2.16. The molecule has 158 valence electrons. The molecule has 0 amide bonds. The first-order valence-corrected chi connectivity index (χ1v) is 12.1. The number of ether oxygens (including phenoxy) is 1. The Hall–Kier alpha value is -1.47. The highest BCUT2D eigenvalue weighted by Crippen LogP contribution is 2.16. The third-order valence-electron chi connectivity index (χ3n) is 5.40. The van der Waals surface area contributed by atoms with E-state index in [2.05, 4.69) is 58.9 Å². The summed E-state index contributed by atoms with van der Waals surface area (Å²) in [4.78, 5) is 5.31. The van der Waals surface area contributed by atoms with Gasteiger partial charge in [-0.05, 0) is 54.2 Å². The summed E-state index contributed by atoms with van der Waals surface area (Å²) in [6.45, 7) is 9.29. The maximum Gasteiger partial charge on any atom is 0.173 e. The van der Waals surface area contributed by atoms with Crippen LogP contribution in [0.5, 0.6) is 0 Å². The molecule has 0 saturated carbocycles. The number of rotatable bonds is 10. The van der Waals surface area contributed by atoms with Crippen molar-refractivity contribution in [1.29, 1.82) is 0 Å². The molecule has 0 unspecified atom stereocenters. The summed E-state index contributed by atoms with van der Waals surface area (Å²) < 4.78 is 5.47. The molecule has 3 rings (SSSR count). The van der Waals surface area contributed by atoms with Crippen LogP contribution in [0.4, 0.5) is 5.69 Å². The first-order chi connectivity index (χ1) is 14.2. The maximum absolute atomic E-state index is 5.80. The number of nitrogens with one attached hydrogen (secondary N) is 2. The highest BCUT2D eigenvalue weighted by atomic mass is 32.1. The molecule has 1 saturated heterocycles. The van der Waals surface area contributed by atoms with Gasteiger partial charge in [0.25, 0.3) is 0 Å². The van der Waals surface area contributed by atoms with E-state index in [4.69, 9.17) is 17.0 Å². The van der Waals surface area contributed by atoms with E-state index in [0.717, 1.165) is 63.0 Å². The minimum Gasteiger partial charge on any atom is -0.370 e. The Morgan fingerprint density at radius 1 is 1.17 bits per heavy atom. The zero-order chi connectivity index (χ0) is 20.3.